The molecule has 0 aliphatic rings. The summed E-state index contributed by atoms with van der Waals surface area (Å²) in [7, 11) is 0. The van der Waals surface area contributed by atoms with Gasteiger partial charge in [-0.25, -0.2) is 4.98 Å². The SMILES string of the molecule is CC(C)/C(=N\OC(C)(C)C(=O)[O-])c1csc(N)n1. The summed E-state index contributed by atoms with van der Waals surface area (Å²) in [6, 6.07) is 0. The Morgan fingerprint density at radius 2 is 2.22 bits per heavy atom. The minimum atomic E-state index is -1.48. The summed E-state index contributed by atoms with van der Waals surface area (Å²) in [6.07, 6.45) is 0. The fourth-order valence-corrected chi connectivity index (χ4v) is 1.61. The number of oxime groups is 1. The molecule has 0 amide bonds. The predicted molar refractivity (Wildman–Crippen MR) is 68.1 cm³/mol. The Labute approximate surface area is 109 Å². The van der Waals surface area contributed by atoms with Crippen molar-refractivity contribution in [3.63, 3.8) is 0 Å². The van der Waals surface area contributed by atoms with Crippen LogP contribution in [0, 0.1) is 5.92 Å². The number of aromatic nitrogens is 1. The molecule has 0 aliphatic heterocycles. The number of carboxylic acids is 1. The van der Waals surface area contributed by atoms with E-state index in [1.807, 2.05) is 13.8 Å². The molecule has 0 atom stereocenters. The summed E-state index contributed by atoms with van der Waals surface area (Å²) in [5, 5.41) is 16.9. The van der Waals surface area contributed by atoms with Crippen LogP contribution < -0.4 is 10.8 Å². The molecule has 1 rings (SSSR count). The van der Waals surface area contributed by atoms with Crippen LogP contribution >= 0.6 is 11.3 Å². The monoisotopic (exact) mass is 270 g/mol. The average Bonchev–Trinajstić information content (AvgIpc) is 2.64. The second-order valence-corrected chi connectivity index (χ2v) is 5.48. The number of thiazole rings is 1. The molecule has 7 heteroatoms. The van der Waals surface area contributed by atoms with Crippen molar-refractivity contribution in [3.8, 4) is 0 Å². The molecule has 0 aromatic carbocycles. The summed E-state index contributed by atoms with van der Waals surface area (Å²) >= 11 is 1.29. The number of carboxylic acid groups (broad SMARTS) is 1. The normalized spacial score (nSPS) is 12.8. The molecule has 0 unspecified atom stereocenters. The predicted octanol–water partition coefficient (Wildman–Crippen LogP) is 0.630. The Hall–Kier alpha value is -1.63. The van der Waals surface area contributed by atoms with Crippen molar-refractivity contribution in [1.29, 1.82) is 0 Å². The van der Waals surface area contributed by atoms with Crippen molar-refractivity contribution in [3.05, 3.63) is 11.1 Å². The van der Waals surface area contributed by atoms with Gasteiger partial charge < -0.3 is 20.5 Å². The van der Waals surface area contributed by atoms with E-state index in [2.05, 4.69) is 10.1 Å². The Balaban J connectivity index is 2.97. The number of carbonyl (C=O) groups excluding carboxylic acids is 1. The molecule has 0 saturated heterocycles. The molecule has 6 nitrogen and oxygen atoms in total. The molecule has 0 fully saturated rings. The van der Waals surface area contributed by atoms with Crippen molar-refractivity contribution in [2.24, 2.45) is 11.1 Å². The smallest absolute Gasteiger partial charge is 0.180 e. The number of rotatable bonds is 5. The van der Waals surface area contributed by atoms with Gasteiger partial charge >= 0.3 is 0 Å². The topological polar surface area (TPSA) is 101 Å². The van der Waals surface area contributed by atoms with Crippen LogP contribution in [-0.2, 0) is 9.63 Å². The van der Waals surface area contributed by atoms with Crippen LogP contribution in [-0.4, -0.2) is 22.3 Å². The zero-order valence-corrected chi connectivity index (χ0v) is 11.6. The minimum absolute atomic E-state index is 0.0315. The molecule has 2 N–H and O–H groups in total. The lowest BCUT2D eigenvalue weighted by atomic mass is 10.1. The van der Waals surface area contributed by atoms with Crippen LogP contribution in [0.3, 0.4) is 0 Å². The van der Waals surface area contributed by atoms with E-state index in [9.17, 15) is 9.90 Å². The van der Waals surface area contributed by atoms with Gasteiger partial charge in [0.1, 0.15) is 11.4 Å². The zero-order chi connectivity index (χ0) is 13.9. The highest BCUT2D eigenvalue weighted by atomic mass is 32.1. The van der Waals surface area contributed by atoms with E-state index in [1.54, 1.807) is 5.38 Å². The minimum Gasteiger partial charge on any atom is -0.546 e. The van der Waals surface area contributed by atoms with Gasteiger partial charge in [-0.3, -0.25) is 0 Å². The largest absolute Gasteiger partial charge is 0.546 e. The molecule has 18 heavy (non-hydrogen) atoms. The summed E-state index contributed by atoms with van der Waals surface area (Å²) in [5.41, 5.74) is 5.22. The highest BCUT2D eigenvalue weighted by molar-refractivity contribution is 7.13. The first kappa shape index (κ1) is 14.4. The Kier molecular flexibility index (Phi) is 4.28. The molecular weight excluding hydrogens is 254 g/mol. The molecule has 1 aromatic rings. The van der Waals surface area contributed by atoms with Gasteiger partial charge in [-0.15, -0.1) is 11.3 Å². The first-order valence-corrected chi connectivity index (χ1v) is 6.31. The van der Waals surface area contributed by atoms with E-state index < -0.39 is 11.6 Å². The molecule has 0 spiro atoms. The van der Waals surface area contributed by atoms with E-state index >= 15 is 0 Å². The number of nitrogens with zero attached hydrogens (tertiary/aromatic N) is 2. The van der Waals surface area contributed by atoms with Crippen molar-refractivity contribution < 1.29 is 14.7 Å². The molecule has 1 heterocycles. The fraction of sp³-hybridized carbons (Fsp3) is 0.545. The third-order valence-corrected chi connectivity index (χ3v) is 2.87. The van der Waals surface area contributed by atoms with Gasteiger partial charge in [-0.05, 0) is 13.8 Å². The first-order valence-electron chi connectivity index (χ1n) is 5.43. The average molecular weight is 270 g/mol. The summed E-state index contributed by atoms with van der Waals surface area (Å²) in [6.45, 7) is 6.56. The van der Waals surface area contributed by atoms with Crippen LogP contribution in [0.25, 0.3) is 0 Å². The number of anilines is 1. The molecule has 0 saturated carbocycles. The fourth-order valence-electron chi connectivity index (χ4n) is 1.05. The highest BCUT2D eigenvalue weighted by Gasteiger charge is 2.22. The molecule has 0 bridgehead atoms. The van der Waals surface area contributed by atoms with E-state index in [0.717, 1.165) is 0 Å². The number of hydrogen-bond donors (Lipinski definition) is 1. The summed E-state index contributed by atoms with van der Waals surface area (Å²) < 4.78 is 0. The van der Waals surface area contributed by atoms with Crippen LogP contribution in [0.15, 0.2) is 10.5 Å². The zero-order valence-electron chi connectivity index (χ0n) is 10.8. The molecule has 0 radical (unpaired) electrons. The standard InChI is InChI=1S/C11H17N3O3S/c1-6(2)8(7-5-18-10(12)13-7)14-17-11(3,4)9(15)16/h5-6H,1-4H3,(H2,12,13)(H,15,16)/p-1/b14-8+. The maximum absolute atomic E-state index is 10.8. The van der Waals surface area contributed by atoms with Crippen LogP contribution in [0.2, 0.25) is 0 Å². The number of carbonyl (C=O) groups is 1. The Bertz CT molecular complexity index is 466. The lowest BCUT2D eigenvalue weighted by Crippen LogP contribution is -2.44. The van der Waals surface area contributed by atoms with Gasteiger partial charge in [0, 0.05) is 11.3 Å². The Morgan fingerprint density at radius 1 is 1.61 bits per heavy atom. The second-order valence-electron chi connectivity index (χ2n) is 4.59. The van der Waals surface area contributed by atoms with Crippen molar-refractivity contribution in [2.75, 3.05) is 5.73 Å². The van der Waals surface area contributed by atoms with Gasteiger partial charge in [0.25, 0.3) is 0 Å². The van der Waals surface area contributed by atoms with E-state index in [4.69, 9.17) is 10.6 Å². The van der Waals surface area contributed by atoms with Crippen LogP contribution in [0.4, 0.5) is 5.13 Å². The number of nitrogen functional groups attached to an aromatic ring is 1. The molecule has 0 aliphatic carbocycles. The van der Waals surface area contributed by atoms with Gasteiger partial charge in [0.15, 0.2) is 10.7 Å². The lowest BCUT2D eigenvalue weighted by Gasteiger charge is -2.23. The van der Waals surface area contributed by atoms with Gasteiger partial charge in [-0.1, -0.05) is 19.0 Å². The molecular formula is C11H16N3O3S-. The summed E-state index contributed by atoms with van der Waals surface area (Å²) in [5.74, 6) is -1.30. The van der Waals surface area contributed by atoms with E-state index in [-0.39, 0.29) is 5.92 Å². The van der Waals surface area contributed by atoms with Gasteiger partial charge in [0.05, 0.1) is 5.97 Å². The van der Waals surface area contributed by atoms with Crippen molar-refractivity contribution in [2.45, 2.75) is 33.3 Å². The van der Waals surface area contributed by atoms with Crippen molar-refractivity contribution >= 4 is 28.1 Å². The Morgan fingerprint density at radius 3 is 2.61 bits per heavy atom. The third-order valence-electron chi connectivity index (χ3n) is 2.20. The van der Waals surface area contributed by atoms with Crippen molar-refractivity contribution in [1.82, 2.24) is 4.98 Å². The highest BCUT2D eigenvalue weighted by Crippen LogP contribution is 2.17. The maximum atomic E-state index is 10.8. The first-order chi connectivity index (χ1) is 8.24. The number of nitrogens with two attached hydrogens (primary N) is 1. The number of hydrogen-bond acceptors (Lipinski definition) is 7. The molecule has 1 aromatic heterocycles. The van der Waals surface area contributed by atoms with E-state index in [0.29, 0.717) is 16.5 Å². The van der Waals surface area contributed by atoms with Crippen LogP contribution in [0.1, 0.15) is 33.4 Å². The molecule has 100 valence electrons. The van der Waals surface area contributed by atoms with Gasteiger partial charge in [-0.2, -0.15) is 0 Å². The number of aliphatic carboxylic acids is 1. The summed E-state index contributed by atoms with van der Waals surface area (Å²) in [4.78, 5) is 19.9. The van der Waals surface area contributed by atoms with Gasteiger partial charge in [0.2, 0.25) is 0 Å². The second kappa shape index (κ2) is 5.34. The quantitative estimate of drug-likeness (QED) is 0.624. The maximum Gasteiger partial charge on any atom is 0.180 e. The van der Waals surface area contributed by atoms with E-state index in [1.165, 1.54) is 25.2 Å². The lowest BCUT2D eigenvalue weighted by molar-refractivity contribution is -0.325. The van der Waals surface area contributed by atoms with Crippen LogP contribution in [0.5, 0.6) is 0 Å². The third kappa shape index (κ3) is 3.43.